The lowest BCUT2D eigenvalue weighted by Crippen LogP contribution is -2.08. The van der Waals surface area contributed by atoms with Crippen LogP contribution >= 0.6 is 12.6 Å². The van der Waals surface area contributed by atoms with Crippen molar-refractivity contribution >= 4 is 12.6 Å². The Bertz CT molecular complexity index is 374. The molecule has 1 aromatic rings. The molecular formula is C12H15NO2S. The normalized spacial score (nSPS) is 9.81. The molecule has 0 N–H and O–H groups in total. The highest BCUT2D eigenvalue weighted by molar-refractivity contribution is 7.80. The fraction of sp³-hybridized carbons (Fsp3) is 0.417. The highest BCUT2D eigenvalue weighted by Crippen LogP contribution is 2.18. The Morgan fingerprint density at radius 2 is 2.12 bits per heavy atom. The van der Waals surface area contributed by atoms with Gasteiger partial charge in [-0.25, -0.2) is 0 Å². The van der Waals surface area contributed by atoms with Crippen molar-refractivity contribution in [1.29, 1.82) is 5.26 Å². The van der Waals surface area contributed by atoms with E-state index in [0.717, 1.165) is 11.3 Å². The summed E-state index contributed by atoms with van der Waals surface area (Å²) >= 11 is 4.03. The molecule has 0 aliphatic heterocycles. The van der Waals surface area contributed by atoms with E-state index in [2.05, 4.69) is 18.7 Å². The van der Waals surface area contributed by atoms with Crippen LogP contribution in [0.2, 0.25) is 0 Å². The topological polar surface area (TPSA) is 42.2 Å². The van der Waals surface area contributed by atoms with Crippen LogP contribution in [-0.2, 0) is 4.74 Å². The van der Waals surface area contributed by atoms with Crippen molar-refractivity contribution in [2.45, 2.75) is 6.92 Å². The van der Waals surface area contributed by atoms with E-state index in [1.54, 1.807) is 12.1 Å². The van der Waals surface area contributed by atoms with Gasteiger partial charge in [0.05, 0.1) is 24.8 Å². The molecule has 0 atom stereocenters. The average Bonchev–Trinajstić information content (AvgIpc) is 2.31. The first kappa shape index (κ1) is 12.9. The van der Waals surface area contributed by atoms with Gasteiger partial charge in [-0.15, -0.1) is 0 Å². The summed E-state index contributed by atoms with van der Waals surface area (Å²) in [7, 11) is 0. The van der Waals surface area contributed by atoms with Gasteiger partial charge < -0.3 is 9.47 Å². The lowest BCUT2D eigenvalue weighted by atomic mass is 10.1. The summed E-state index contributed by atoms with van der Waals surface area (Å²) in [6, 6.07) is 7.48. The lowest BCUT2D eigenvalue weighted by Gasteiger charge is -2.09. The minimum atomic E-state index is 0.490. The van der Waals surface area contributed by atoms with Gasteiger partial charge in [0, 0.05) is 5.75 Å². The lowest BCUT2D eigenvalue weighted by molar-refractivity contribution is 0.112. The first-order valence-corrected chi connectivity index (χ1v) is 5.73. The Morgan fingerprint density at radius 3 is 2.81 bits per heavy atom. The third-order valence-corrected chi connectivity index (χ3v) is 2.22. The minimum absolute atomic E-state index is 0.490. The van der Waals surface area contributed by atoms with Gasteiger partial charge >= 0.3 is 0 Å². The molecule has 0 saturated carbocycles. The maximum atomic E-state index is 8.76. The zero-order valence-electron chi connectivity index (χ0n) is 9.27. The van der Waals surface area contributed by atoms with Gasteiger partial charge in [-0.05, 0) is 24.6 Å². The monoisotopic (exact) mass is 237 g/mol. The van der Waals surface area contributed by atoms with Crippen molar-refractivity contribution in [2.24, 2.45) is 0 Å². The molecule has 1 aromatic carbocycles. The van der Waals surface area contributed by atoms with E-state index in [4.69, 9.17) is 14.7 Å². The molecule has 4 heteroatoms. The zero-order valence-corrected chi connectivity index (χ0v) is 10.2. The predicted octanol–water partition coefficient (Wildman–Crippen LogP) is 2.19. The number of hydrogen-bond donors (Lipinski definition) is 1. The van der Waals surface area contributed by atoms with Crippen LogP contribution in [0.5, 0.6) is 5.75 Å². The maximum Gasteiger partial charge on any atom is 0.123 e. The third-order valence-electron chi connectivity index (χ3n) is 2.04. The SMILES string of the molecule is Cc1ccc(C#N)cc1OCCOCCS. The molecule has 0 spiro atoms. The molecule has 0 fully saturated rings. The Kier molecular flexibility index (Phi) is 5.76. The van der Waals surface area contributed by atoms with Crippen molar-refractivity contribution in [3.63, 3.8) is 0 Å². The van der Waals surface area contributed by atoms with Crippen LogP contribution in [0.15, 0.2) is 18.2 Å². The summed E-state index contributed by atoms with van der Waals surface area (Å²) in [6.07, 6.45) is 0. The van der Waals surface area contributed by atoms with Gasteiger partial charge in [-0.1, -0.05) is 6.07 Å². The highest BCUT2D eigenvalue weighted by atomic mass is 32.1. The van der Waals surface area contributed by atoms with E-state index >= 15 is 0 Å². The summed E-state index contributed by atoms with van der Waals surface area (Å²) in [5.74, 6) is 1.46. The number of nitriles is 1. The Hall–Kier alpha value is -1.18. The van der Waals surface area contributed by atoms with Gasteiger partial charge in [-0.3, -0.25) is 0 Å². The number of benzene rings is 1. The molecule has 0 aliphatic carbocycles. The number of nitrogens with zero attached hydrogens (tertiary/aromatic N) is 1. The smallest absolute Gasteiger partial charge is 0.123 e. The summed E-state index contributed by atoms with van der Waals surface area (Å²) in [5.41, 5.74) is 1.63. The van der Waals surface area contributed by atoms with Crippen LogP contribution in [0.3, 0.4) is 0 Å². The van der Waals surface area contributed by atoms with Crippen LogP contribution in [0.1, 0.15) is 11.1 Å². The number of ether oxygens (including phenoxy) is 2. The van der Waals surface area contributed by atoms with Gasteiger partial charge in [0.2, 0.25) is 0 Å². The van der Waals surface area contributed by atoms with E-state index in [1.165, 1.54) is 0 Å². The fourth-order valence-electron chi connectivity index (χ4n) is 1.20. The molecule has 0 aliphatic rings. The van der Waals surface area contributed by atoms with Crippen LogP contribution in [-0.4, -0.2) is 25.6 Å². The molecule has 0 saturated heterocycles. The second-order valence-corrected chi connectivity index (χ2v) is 3.72. The van der Waals surface area contributed by atoms with Gasteiger partial charge in [0.15, 0.2) is 0 Å². The van der Waals surface area contributed by atoms with Crippen LogP contribution in [0, 0.1) is 18.3 Å². The number of aryl methyl sites for hydroxylation is 1. The number of rotatable bonds is 6. The summed E-state index contributed by atoms with van der Waals surface area (Å²) in [6.45, 7) is 3.61. The van der Waals surface area contributed by atoms with Gasteiger partial charge in [0.25, 0.3) is 0 Å². The quantitative estimate of drug-likeness (QED) is 0.609. The number of thiol groups is 1. The van der Waals surface area contributed by atoms with E-state index in [9.17, 15) is 0 Å². The maximum absolute atomic E-state index is 8.76. The van der Waals surface area contributed by atoms with Gasteiger partial charge in [-0.2, -0.15) is 17.9 Å². The van der Waals surface area contributed by atoms with Crippen LogP contribution in [0.25, 0.3) is 0 Å². The predicted molar refractivity (Wildman–Crippen MR) is 66.1 cm³/mol. The highest BCUT2D eigenvalue weighted by Gasteiger charge is 2.01. The molecule has 16 heavy (non-hydrogen) atoms. The summed E-state index contributed by atoms with van der Waals surface area (Å²) in [4.78, 5) is 0. The van der Waals surface area contributed by atoms with Crippen molar-refractivity contribution in [1.82, 2.24) is 0 Å². The molecule has 0 unspecified atom stereocenters. The Balaban J connectivity index is 2.44. The van der Waals surface area contributed by atoms with Crippen molar-refractivity contribution in [2.75, 3.05) is 25.6 Å². The zero-order chi connectivity index (χ0) is 11.8. The molecular weight excluding hydrogens is 222 g/mol. The first-order valence-electron chi connectivity index (χ1n) is 5.10. The van der Waals surface area contributed by atoms with Crippen LogP contribution < -0.4 is 4.74 Å². The molecule has 0 bridgehead atoms. The molecule has 0 aromatic heterocycles. The van der Waals surface area contributed by atoms with E-state index < -0.39 is 0 Å². The van der Waals surface area contributed by atoms with Gasteiger partial charge in [0.1, 0.15) is 12.4 Å². The number of hydrogen-bond acceptors (Lipinski definition) is 4. The Labute approximate surface area is 101 Å². The molecule has 0 heterocycles. The van der Waals surface area contributed by atoms with Crippen LogP contribution in [0.4, 0.5) is 0 Å². The standard InChI is InChI=1S/C12H15NO2S/c1-10-2-3-11(9-13)8-12(10)15-5-4-14-6-7-16/h2-3,8,16H,4-7H2,1H3. The van der Waals surface area contributed by atoms with Crippen molar-refractivity contribution in [3.8, 4) is 11.8 Å². The summed E-state index contributed by atoms with van der Waals surface area (Å²) < 4.78 is 10.8. The van der Waals surface area contributed by atoms with Crippen molar-refractivity contribution < 1.29 is 9.47 Å². The minimum Gasteiger partial charge on any atom is -0.491 e. The van der Waals surface area contributed by atoms with E-state index in [0.29, 0.717) is 31.1 Å². The largest absolute Gasteiger partial charge is 0.491 e. The van der Waals surface area contributed by atoms with E-state index in [-0.39, 0.29) is 0 Å². The molecule has 3 nitrogen and oxygen atoms in total. The fourth-order valence-corrected chi connectivity index (χ4v) is 1.33. The third kappa shape index (κ3) is 4.13. The second-order valence-electron chi connectivity index (χ2n) is 3.28. The molecule has 86 valence electrons. The summed E-state index contributed by atoms with van der Waals surface area (Å²) in [5, 5.41) is 8.76. The Morgan fingerprint density at radius 1 is 1.31 bits per heavy atom. The molecule has 0 radical (unpaired) electrons. The molecule has 0 amide bonds. The van der Waals surface area contributed by atoms with E-state index in [1.807, 2.05) is 13.0 Å². The second kappa shape index (κ2) is 7.15. The average molecular weight is 237 g/mol. The first-order chi connectivity index (χ1) is 7.77. The molecule has 1 rings (SSSR count). The van der Waals surface area contributed by atoms with Crippen molar-refractivity contribution in [3.05, 3.63) is 29.3 Å².